The number of fused-ring (bicyclic) bond motifs is 1. The molecule has 0 spiro atoms. The van der Waals surface area contributed by atoms with E-state index >= 15 is 0 Å². The Balaban J connectivity index is 1.97. The van der Waals surface area contributed by atoms with Gasteiger partial charge in [0, 0.05) is 6.04 Å². The molecule has 3 rings (SSSR count). The SMILES string of the molecule is CC(Nc1cc(F)ccc1Cl)c1cccc2ccccc12. The van der Waals surface area contributed by atoms with E-state index in [1.807, 2.05) is 25.1 Å². The fourth-order valence-electron chi connectivity index (χ4n) is 2.55. The van der Waals surface area contributed by atoms with Crippen molar-refractivity contribution < 1.29 is 4.39 Å². The molecule has 0 saturated carbocycles. The van der Waals surface area contributed by atoms with Gasteiger partial charge in [-0.3, -0.25) is 0 Å². The van der Waals surface area contributed by atoms with Gasteiger partial charge in [0.05, 0.1) is 10.7 Å². The minimum atomic E-state index is -0.299. The number of hydrogen-bond acceptors (Lipinski definition) is 1. The predicted octanol–water partition coefficient (Wildman–Crippen LogP) is 5.81. The van der Waals surface area contributed by atoms with Crippen LogP contribution in [-0.2, 0) is 0 Å². The van der Waals surface area contributed by atoms with Crippen LogP contribution in [-0.4, -0.2) is 0 Å². The topological polar surface area (TPSA) is 12.0 Å². The summed E-state index contributed by atoms with van der Waals surface area (Å²) < 4.78 is 13.4. The first-order valence-corrected chi connectivity index (χ1v) is 7.22. The maximum atomic E-state index is 13.4. The van der Waals surface area contributed by atoms with Crippen molar-refractivity contribution in [2.45, 2.75) is 13.0 Å². The molecule has 1 atom stereocenters. The standard InChI is InChI=1S/C18H15ClFN/c1-12(21-18-11-14(20)9-10-17(18)19)15-8-4-6-13-5-2-3-7-16(13)15/h2-12,21H,1H3. The fourth-order valence-corrected chi connectivity index (χ4v) is 2.72. The van der Waals surface area contributed by atoms with Crippen LogP contribution in [0.25, 0.3) is 10.8 Å². The first kappa shape index (κ1) is 13.9. The third-order valence-electron chi connectivity index (χ3n) is 3.59. The molecule has 21 heavy (non-hydrogen) atoms. The summed E-state index contributed by atoms with van der Waals surface area (Å²) in [6.07, 6.45) is 0. The minimum absolute atomic E-state index is 0.0235. The van der Waals surface area contributed by atoms with Crippen molar-refractivity contribution >= 4 is 28.1 Å². The highest BCUT2D eigenvalue weighted by Gasteiger charge is 2.11. The van der Waals surface area contributed by atoms with Gasteiger partial charge in [0.1, 0.15) is 5.82 Å². The molecular weight excluding hydrogens is 285 g/mol. The molecule has 0 aliphatic carbocycles. The van der Waals surface area contributed by atoms with E-state index in [-0.39, 0.29) is 11.9 Å². The highest BCUT2D eigenvalue weighted by atomic mass is 35.5. The molecule has 1 nitrogen and oxygen atoms in total. The maximum absolute atomic E-state index is 13.4. The summed E-state index contributed by atoms with van der Waals surface area (Å²) in [5.74, 6) is -0.299. The molecule has 3 aromatic rings. The van der Waals surface area contributed by atoms with Crippen LogP contribution < -0.4 is 5.32 Å². The Kier molecular flexibility index (Phi) is 3.80. The first-order valence-electron chi connectivity index (χ1n) is 6.84. The zero-order valence-corrected chi connectivity index (χ0v) is 12.4. The van der Waals surface area contributed by atoms with Gasteiger partial charge in [0.2, 0.25) is 0 Å². The largest absolute Gasteiger partial charge is 0.377 e. The van der Waals surface area contributed by atoms with Gasteiger partial charge in [0.15, 0.2) is 0 Å². The lowest BCUT2D eigenvalue weighted by Gasteiger charge is -2.18. The van der Waals surface area contributed by atoms with Gasteiger partial charge in [-0.05, 0) is 41.5 Å². The number of anilines is 1. The molecule has 0 amide bonds. The number of halogens is 2. The van der Waals surface area contributed by atoms with Gasteiger partial charge in [-0.15, -0.1) is 0 Å². The van der Waals surface area contributed by atoms with Crippen molar-refractivity contribution in [2.24, 2.45) is 0 Å². The van der Waals surface area contributed by atoms with E-state index in [2.05, 4.69) is 29.6 Å². The van der Waals surface area contributed by atoms with E-state index in [0.717, 1.165) is 5.56 Å². The Hall–Kier alpha value is -2.06. The fraction of sp³-hybridized carbons (Fsp3) is 0.111. The monoisotopic (exact) mass is 299 g/mol. The molecule has 0 fully saturated rings. The van der Waals surface area contributed by atoms with E-state index in [9.17, 15) is 4.39 Å². The van der Waals surface area contributed by atoms with Crippen molar-refractivity contribution in [2.75, 3.05) is 5.32 Å². The molecule has 106 valence electrons. The van der Waals surface area contributed by atoms with Crippen LogP contribution in [0.3, 0.4) is 0 Å². The molecule has 0 radical (unpaired) electrons. The third kappa shape index (κ3) is 2.86. The van der Waals surface area contributed by atoms with Gasteiger partial charge >= 0.3 is 0 Å². The second-order valence-corrected chi connectivity index (χ2v) is 5.47. The quantitative estimate of drug-likeness (QED) is 0.644. The molecule has 0 aromatic heterocycles. The lowest BCUT2D eigenvalue weighted by atomic mass is 9.99. The van der Waals surface area contributed by atoms with Crippen LogP contribution >= 0.6 is 11.6 Å². The second kappa shape index (κ2) is 5.74. The lowest BCUT2D eigenvalue weighted by Crippen LogP contribution is -2.07. The smallest absolute Gasteiger partial charge is 0.125 e. The van der Waals surface area contributed by atoms with Gasteiger partial charge < -0.3 is 5.32 Å². The lowest BCUT2D eigenvalue weighted by molar-refractivity contribution is 0.628. The van der Waals surface area contributed by atoms with Crippen molar-refractivity contribution in [1.29, 1.82) is 0 Å². The van der Waals surface area contributed by atoms with E-state index in [1.54, 1.807) is 6.07 Å². The molecule has 0 bridgehead atoms. The van der Waals surface area contributed by atoms with Gasteiger partial charge in [-0.25, -0.2) is 4.39 Å². The molecule has 1 unspecified atom stereocenters. The molecule has 1 N–H and O–H groups in total. The highest BCUT2D eigenvalue weighted by molar-refractivity contribution is 6.33. The van der Waals surface area contributed by atoms with E-state index in [4.69, 9.17) is 11.6 Å². The average molecular weight is 300 g/mol. The third-order valence-corrected chi connectivity index (χ3v) is 3.92. The normalized spacial score (nSPS) is 12.3. The summed E-state index contributed by atoms with van der Waals surface area (Å²) in [6.45, 7) is 2.04. The van der Waals surface area contributed by atoms with Crippen molar-refractivity contribution in [1.82, 2.24) is 0 Å². The molecule has 3 aromatic carbocycles. The predicted molar refractivity (Wildman–Crippen MR) is 87.4 cm³/mol. The number of rotatable bonds is 3. The number of nitrogens with one attached hydrogen (secondary N) is 1. The molecule has 3 heteroatoms. The summed E-state index contributed by atoms with van der Waals surface area (Å²) in [4.78, 5) is 0. The van der Waals surface area contributed by atoms with Crippen LogP contribution in [0.1, 0.15) is 18.5 Å². The summed E-state index contributed by atoms with van der Waals surface area (Å²) in [6, 6.07) is 18.8. The Morgan fingerprint density at radius 1 is 1.00 bits per heavy atom. The van der Waals surface area contributed by atoms with Gasteiger partial charge in [-0.2, -0.15) is 0 Å². The summed E-state index contributed by atoms with van der Waals surface area (Å²) >= 11 is 6.12. The van der Waals surface area contributed by atoms with Crippen molar-refractivity contribution in [3.05, 3.63) is 77.1 Å². The van der Waals surface area contributed by atoms with Crippen molar-refractivity contribution in [3.8, 4) is 0 Å². The second-order valence-electron chi connectivity index (χ2n) is 5.06. The zero-order valence-electron chi connectivity index (χ0n) is 11.6. The number of benzene rings is 3. The Bertz CT molecular complexity index is 780. The summed E-state index contributed by atoms with van der Waals surface area (Å²) in [7, 11) is 0. The highest BCUT2D eigenvalue weighted by Crippen LogP contribution is 2.30. The maximum Gasteiger partial charge on any atom is 0.125 e. The Morgan fingerprint density at radius 2 is 1.76 bits per heavy atom. The van der Waals surface area contributed by atoms with Gasteiger partial charge in [0.25, 0.3) is 0 Å². The zero-order chi connectivity index (χ0) is 14.8. The van der Waals surface area contributed by atoms with Crippen LogP contribution in [0.5, 0.6) is 0 Å². The van der Waals surface area contributed by atoms with Crippen LogP contribution in [0.2, 0.25) is 5.02 Å². The van der Waals surface area contributed by atoms with Crippen LogP contribution in [0, 0.1) is 5.82 Å². The van der Waals surface area contributed by atoms with Gasteiger partial charge in [-0.1, -0.05) is 54.1 Å². The Labute approximate surface area is 128 Å². The average Bonchev–Trinajstić information content (AvgIpc) is 2.50. The summed E-state index contributed by atoms with van der Waals surface area (Å²) in [5, 5.41) is 6.18. The molecule has 0 aliphatic rings. The van der Waals surface area contributed by atoms with Crippen LogP contribution in [0.15, 0.2) is 60.7 Å². The van der Waals surface area contributed by atoms with E-state index < -0.39 is 0 Å². The minimum Gasteiger partial charge on any atom is -0.377 e. The number of hydrogen-bond donors (Lipinski definition) is 1. The molecule has 0 saturated heterocycles. The van der Waals surface area contributed by atoms with Crippen LogP contribution in [0.4, 0.5) is 10.1 Å². The van der Waals surface area contributed by atoms with E-state index in [0.29, 0.717) is 10.7 Å². The molecule has 0 heterocycles. The van der Waals surface area contributed by atoms with E-state index in [1.165, 1.54) is 22.9 Å². The first-order chi connectivity index (χ1) is 10.1. The summed E-state index contributed by atoms with van der Waals surface area (Å²) in [5.41, 5.74) is 1.77. The Morgan fingerprint density at radius 3 is 2.62 bits per heavy atom. The molecule has 0 aliphatic heterocycles. The molecular formula is C18H15ClFN. The van der Waals surface area contributed by atoms with Crippen molar-refractivity contribution in [3.63, 3.8) is 0 Å².